The highest BCUT2D eigenvalue weighted by Crippen LogP contribution is 2.31. The third-order valence-electron chi connectivity index (χ3n) is 4.17. The van der Waals surface area contributed by atoms with Gasteiger partial charge >= 0.3 is 0 Å². The van der Waals surface area contributed by atoms with E-state index in [1.165, 1.54) is 50.4 Å². The molecule has 1 aliphatic rings. The lowest BCUT2D eigenvalue weighted by Crippen LogP contribution is -2.29. The van der Waals surface area contributed by atoms with Crippen LogP contribution in [0.2, 0.25) is 5.02 Å². The molecule has 1 fully saturated rings. The molecule has 0 bridgehead atoms. The topological polar surface area (TPSA) is 110 Å². The SMILES string of the molecule is COc1ccc(NS(=O)(=O)c2ccc(N3C(=O)CCS3(=O)=O)cc2C)cc1Cl. The third-order valence-corrected chi connectivity index (χ3v) is 7.69. The number of halogens is 1. The van der Waals surface area contributed by atoms with Crippen LogP contribution in [0.25, 0.3) is 0 Å². The summed E-state index contributed by atoms with van der Waals surface area (Å²) in [6.07, 6.45) is -0.0960. The van der Waals surface area contributed by atoms with E-state index in [0.29, 0.717) is 15.6 Å². The van der Waals surface area contributed by atoms with Crippen molar-refractivity contribution >= 4 is 48.9 Å². The standard InChI is InChI=1S/C17H17ClN2O6S2/c1-11-9-13(20-17(21)7-8-27(20,22)23)4-6-16(11)28(24,25)19-12-3-5-15(26-2)14(18)10-12/h3-6,9-10,19H,7-8H2,1-2H3. The molecule has 3 rings (SSSR count). The molecule has 0 atom stereocenters. The lowest BCUT2D eigenvalue weighted by molar-refractivity contribution is -0.116. The second-order valence-corrected chi connectivity index (χ2v) is 10.1. The fraction of sp³-hybridized carbons (Fsp3) is 0.235. The largest absolute Gasteiger partial charge is 0.495 e. The Bertz CT molecular complexity index is 1160. The van der Waals surface area contributed by atoms with E-state index in [1.807, 2.05) is 0 Å². The minimum atomic E-state index is -3.97. The van der Waals surface area contributed by atoms with E-state index in [-0.39, 0.29) is 33.5 Å². The van der Waals surface area contributed by atoms with E-state index in [1.54, 1.807) is 0 Å². The van der Waals surface area contributed by atoms with Crippen LogP contribution in [0.5, 0.6) is 5.75 Å². The van der Waals surface area contributed by atoms with Crippen LogP contribution in [0.4, 0.5) is 11.4 Å². The molecule has 0 aromatic heterocycles. The van der Waals surface area contributed by atoms with Crippen molar-refractivity contribution < 1.29 is 26.4 Å². The fourth-order valence-electron chi connectivity index (χ4n) is 2.87. The monoisotopic (exact) mass is 444 g/mol. The summed E-state index contributed by atoms with van der Waals surface area (Å²) in [7, 11) is -6.24. The van der Waals surface area contributed by atoms with Gasteiger partial charge in [-0.05, 0) is 48.9 Å². The van der Waals surface area contributed by atoms with Crippen LogP contribution in [0, 0.1) is 6.92 Å². The summed E-state index contributed by atoms with van der Waals surface area (Å²) >= 11 is 6.02. The summed E-state index contributed by atoms with van der Waals surface area (Å²) in [4.78, 5) is 11.9. The zero-order chi connectivity index (χ0) is 20.7. The summed E-state index contributed by atoms with van der Waals surface area (Å²) < 4.78 is 57.7. The first-order chi connectivity index (χ1) is 13.0. The Morgan fingerprint density at radius 1 is 1.18 bits per heavy atom. The second-order valence-electron chi connectivity index (χ2n) is 6.13. The highest BCUT2D eigenvalue weighted by molar-refractivity contribution is 7.94. The molecule has 1 aliphatic heterocycles. The minimum Gasteiger partial charge on any atom is -0.495 e. The van der Waals surface area contributed by atoms with Gasteiger partial charge in [-0.15, -0.1) is 0 Å². The molecule has 1 amide bonds. The molecule has 8 nitrogen and oxygen atoms in total. The molecule has 0 saturated carbocycles. The van der Waals surface area contributed by atoms with Crippen LogP contribution < -0.4 is 13.8 Å². The van der Waals surface area contributed by atoms with Gasteiger partial charge in [-0.2, -0.15) is 0 Å². The molecule has 0 spiro atoms. The number of hydrogen-bond acceptors (Lipinski definition) is 6. The van der Waals surface area contributed by atoms with Gasteiger partial charge in [0.05, 0.1) is 34.2 Å². The number of anilines is 2. The number of carbonyl (C=O) groups excluding carboxylic acids is 1. The Balaban J connectivity index is 1.93. The maximum Gasteiger partial charge on any atom is 0.262 e. The first kappa shape index (κ1) is 20.4. The average molecular weight is 445 g/mol. The molecule has 1 heterocycles. The molecule has 1 saturated heterocycles. The summed E-state index contributed by atoms with van der Waals surface area (Å²) in [6, 6.07) is 8.36. The number of carbonyl (C=O) groups is 1. The maximum atomic E-state index is 12.7. The fourth-order valence-corrected chi connectivity index (χ4v) is 5.86. The Morgan fingerprint density at radius 2 is 1.89 bits per heavy atom. The molecule has 28 heavy (non-hydrogen) atoms. The quantitative estimate of drug-likeness (QED) is 0.758. The Hall–Kier alpha value is -2.30. The minimum absolute atomic E-state index is 0.0489. The molecule has 0 unspecified atom stereocenters. The van der Waals surface area contributed by atoms with E-state index < -0.39 is 26.0 Å². The number of aryl methyl sites for hydroxylation is 1. The molecule has 2 aromatic carbocycles. The van der Waals surface area contributed by atoms with Crippen molar-refractivity contribution in [2.75, 3.05) is 21.9 Å². The van der Waals surface area contributed by atoms with Crippen molar-refractivity contribution in [2.45, 2.75) is 18.2 Å². The Labute approximate surface area is 168 Å². The summed E-state index contributed by atoms with van der Waals surface area (Å²) in [6.45, 7) is 1.52. The maximum absolute atomic E-state index is 12.7. The van der Waals surface area contributed by atoms with Gasteiger partial charge in [-0.3, -0.25) is 9.52 Å². The van der Waals surface area contributed by atoms with E-state index >= 15 is 0 Å². The number of sulfonamides is 2. The smallest absolute Gasteiger partial charge is 0.262 e. The molecule has 11 heteroatoms. The van der Waals surface area contributed by atoms with Gasteiger partial charge < -0.3 is 4.74 Å². The van der Waals surface area contributed by atoms with Crippen LogP contribution >= 0.6 is 11.6 Å². The van der Waals surface area contributed by atoms with Gasteiger partial charge in [0.2, 0.25) is 15.9 Å². The number of rotatable bonds is 5. The van der Waals surface area contributed by atoms with Gasteiger partial charge in [0.1, 0.15) is 5.75 Å². The molecule has 2 aromatic rings. The highest BCUT2D eigenvalue weighted by atomic mass is 35.5. The number of amides is 1. The number of nitrogens with zero attached hydrogens (tertiary/aromatic N) is 1. The zero-order valence-corrected chi connectivity index (χ0v) is 17.4. The third kappa shape index (κ3) is 3.80. The van der Waals surface area contributed by atoms with Crippen molar-refractivity contribution in [2.24, 2.45) is 0 Å². The number of ether oxygens (including phenoxy) is 1. The van der Waals surface area contributed by atoms with Crippen molar-refractivity contribution in [3.8, 4) is 5.75 Å². The van der Waals surface area contributed by atoms with Crippen molar-refractivity contribution in [1.29, 1.82) is 0 Å². The van der Waals surface area contributed by atoms with Crippen LogP contribution in [0.3, 0.4) is 0 Å². The average Bonchev–Trinajstić information content (AvgIpc) is 2.87. The first-order valence-electron chi connectivity index (χ1n) is 8.08. The number of benzene rings is 2. The molecular weight excluding hydrogens is 428 g/mol. The van der Waals surface area contributed by atoms with Gasteiger partial charge in [0.25, 0.3) is 10.0 Å². The van der Waals surface area contributed by atoms with Gasteiger partial charge in [-0.1, -0.05) is 11.6 Å². The van der Waals surface area contributed by atoms with E-state index in [9.17, 15) is 21.6 Å². The normalized spacial score (nSPS) is 16.2. The van der Waals surface area contributed by atoms with E-state index in [0.717, 1.165) is 0 Å². The van der Waals surface area contributed by atoms with Gasteiger partial charge in [0, 0.05) is 6.42 Å². The predicted molar refractivity (Wildman–Crippen MR) is 106 cm³/mol. The highest BCUT2D eigenvalue weighted by Gasteiger charge is 2.36. The summed E-state index contributed by atoms with van der Waals surface area (Å²) in [5.74, 6) is -0.396. The van der Waals surface area contributed by atoms with Crippen molar-refractivity contribution in [1.82, 2.24) is 0 Å². The molecule has 1 N–H and O–H groups in total. The number of methoxy groups -OCH3 is 1. The zero-order valence-electron chi connectivity index (χ0n) is 15.0. The molecule has 150 valence electrons. The summed E-state index contributed by atoms with van der Waals surface area (Å²) in [5.41, 5.74) is 0.650. The first-order valence-corrected chi connectivity index (χ1v) is 11.5. The predicted octanol–water partition coefficient (Wildman–Crippen LogP) is 2.52. The molecular formula is C17H17ClN2O6S2. The van der Waals surface area contributed by atoms with Crippen molar-refractivity contribution in [3.63, 3.8) is 0 Å². The summed E-state index contributed by atoms with van der Waals surface area (Å²) in [5, 5.41) is 0.243. The lowest BCUT2D eigenvalue weighted by atomic mass is 10.2. The van der Waals surface area contributed by atoms with Gasteiger partial charge in [0.15, 0.2) is 0 Å². The lowest BCUT2D eigenvalue weighted by Gasteiger charge is -2.17. The number of nitrogens with one attached hydrogen (secondary N) is 1. The Morgan fingerprint density at radius 3 is 2.43 bits per heavy atom. The van der Waals surface area contributed by atoms with Crippen molar-refractivity contribution in [3.05, 3.63) is 47.0 Å². The van der Waals surface area contributed by atoms with Crippen LogP contribution in [-0.4, -0.2) is 35.6 Å². The van der Waals surface area contributed by atoms with E-state index in [2.05, 4.69) is 4.72 Å². The van der Waals surface area contributed by atoms with Crippen LogP contribution in [-0.2, 0) is 24.8 Å². The second kappa shape index (κ2) is 7.26. The van der Waals surface area contributed by atoms with E-state index in [4.69, 9.17) is 16.3 Å². The number of hydrogen-bond donors (Lipinski definition) is 1. The molecule has 0 aliphatic carbocycles. The Kier molecular flexibility index (Phi) is 5.30. The van der Waals surface area contributed by atoms with Crippen LogP contribution in [0.1, 0.15) is 12.0 Å². The molecule has 0 radical (unpaired) electrons. The van der Waals surface area contributed by atoms with Gasteiger partial charge in [-0.25, -0.2) is 21.1 Å². The van der Waals surface area contributed by atoms with Crippen LogP contribution in [0.15, 0.2) is 41.3 Å².